The molecule has 1 aliphatic heterocycles. The highest BCUT2D eigenvalue weighted by molar-refractivity contribution is 6.52. The Bertz CT molecular complexity index is 1330. The van der Waals surface area contributed by atoms with E-state index in [0.29, 0.717) is 33.3 Å². The quantitative estimate of drug-likeness (QED) is 0.294. The summed E-state index contributed by atoms with van der Waals surface area (Å²) < 4.78 is 10.7. The molecule has 4 rings (SSSR count). The lowest BCUT2D eigenvalue weighted by Gasteiger charge is -2.27. The number of ether oxygens (including phenoxy) is 2. The van der Waals surface area contributed by atoms with Crippen molar-refractivity contribution in [1.82, 2.24) is 0 Å². The number of methoxy groups -OCH3 is 2. The largest absolute Gasteiger partial charge is 0.507 e. The number of aliphatic hydroxyl groups excluding tert-OH is 1. The fourth-order valence-electron chi connectivity index (χ4n) is 4.24. The molecule has 6 nitrogen and oxygen atoms in total. The molecule has 0 aliphatic carbocycles. The van der Waals surface area contributed by atoms with E-state index in [9.17, 15) is 14.7 Å². The first-order valence-corrected chi connectivity index (χ1v) is 11.0. The van der Waals surface area contributed by atoms with Crippen LogP contribution in [0.5, 0.6) is 11.5 Å². The van der Waals surface area contributed by atoms with Gasteiger partial charge in [-0.2, -0.15) is 0 Å². The van der Waals surface area contributed by atoms with Crippen molar-refractivity contribution in [3.63, 3.8) is 0 Å². The first kappa shape index (κ1) is 23.4. The molecule has 0 spiro atoms. The number of anilines is 1. The van der Waals surface area contributed by atoms with Gasteiger partial charge in [-0.05, 0) is 55.3 Å². The van der Waals surface area contributed by atoms with Gasteiger partial charge in [0.25, 0.3) is 11.7 Å². The van der Waals surface area contributed by atoms with E-state index in [0.717, 1.165) is 11.1 Å². The number of nitrogens with zero attached hydrogens (tertiary/aromatic N) is 1. The highest BCUT2D eigenvalue weighted by atomic mass is 35.5. The maximum absolute atomic E-state index is 13.4. The average molecular weight is 478 g/mol. The number of rotatable bonds is 5. The third-order valence-corrected chi connectivity index (χ3v) is 6.25. The molecule has 3 aromatic carbocycles. The maximum Gasteiger partial charge on any atom is 0.300 e. The number of aliphatic hydroxyl groups is 1. The van der Waals surface area contributed by atoms with Crippen LogP contribution in [0.2, 0.25) is 5.02 Å². The molecule has 1 heterocycles. The molecule has 1 fully saturated rings. The van der Waals surface area contributed by atoms with Crippen LogP contribution in [-0.2, 0) is 9.59 Å². The van der Waals surface area contributed by atoms with Gasteiger partial charge >= 0.3 is 0 Å². The monoisotopic (exact) mass is 477 g/mol. The molecule has 0 saturated carbocycles. The average Bonchev–Trinajstić information content (AvgIpc) is 3.09. The Morgan fingerprint density at radius 3 is 2.26 bits per heavy atom. The Hall–Kier alpha value is -3.77. The number of halogens is 1. The summed E-state index contributed by atoms with van der Waals surface area (Å²) in [6.07, 6.45) is 0. The summed E-state index contributed by atoms with van der Waals surface area (Å²) >= 11 is 6.34. The van der Waals surface area contributed by atoms with E-state index in [4.69, 9.17) is 21.1 Å². The van der Waals surface area contributed by atoms with Crippen molar-refractivity contribution in [1.29, 1.82) is 0 Å². The zero-order chi connectivity index (χ0) is 24.6. The van der Waals surface area contributed by atoms with Crippen LogP contribution in [0.3, 0.4) is 0 Å². The van der Waals surface area contributed by atoms with E-state index in [-0.39, 0.29) is 11.3 Å². The summed E-state index contributed by atoms with van der Waals surface area (Å²) in [4.78, 5) is 28.1. The number of hydrogen-bond acceptors (Lipinski definition) is 5. The molecule has 1 N–H and O–H groups in total. The Morgan fingerprint density at radius 1 is 0.941 bits per heavy atom. The maximum atomic E-state index is 13.4. The van der Waals surface area contributed by atoms with Crippen LogP contribution in [0.25, 0.3) is 5.76 Å². The molecule has 1 atom stereocenters. The van der Waals surface area contributed by atoms with Crippen molar-refractivity contribution in [3.05, 3.63) is 93.5 Å². The van der Waals surface area contributed by atoms with Gasteiger partial charge in [-0.25, -0.2) is 0 Å². The lowest BCUT2D eigenvalue weighted by molar-refractivity contribution is -0.132. The van der Waals surface area contributed by atoms with Crippen LogP contribution in [-0.4, -0.2) is 31.0 Å². The van der Waals surface area contributed by atoms with E-state index < -0.39 is 17.7 Å². The van der Waals surface area contributed by atoms with E-state index >= 15 is 0 Å². The van der Waals surface area contributed by atoms with E-state index in [1.54, 1.807) is 30.3 Å². The van der Waals surface area contributed by atoms with Gasteiger partial charge in [0.15, 0.2) is 0 Å². The Labute approximate surface area is 203 Å². The van der Waals surface area contributed by atoms with Crippen molar-refractivity contribution in [3.8, 4) is 11.5 Å². The number of amides is 1. The fourth-order valence-corrected chi connectivity index (χ4v) is 4.50. The first-order valence-electron chi connectivity index (χ1n) is 10.6. The molecule has 1 amide bonds. The minimum atomic E-state index is -0.865. The van der Waals surface area contributed by atoms with Crippen LogP contribution < -0.4 is 14.4 Å². The number of carbonyl (C=O) groups is 2. The molecular formula is C27H24ClNO5. The molecular weight excluding hydrogens is 454 g/mol. The topological polar surface area (TPSA) is 76.1 Å². The number of ketones is 1. The second-order valence-corrected chi connectivity index (χ2v) is 8.46. The molecule has 174 valence electrons. The minimum Gasteiger partial charge on any atom is -0.507 e. The highest BCUT2D eigenvalue weighted by Crippen LogP contribution is 2.45. The summed E-state index contributed by atoms with van der Waals surface area (Å²) in [5.74, 6) is -1.01. The summed E-state index contributed by atoms with van der Waals surface area (Å²) in [6.45, 7) is 3.76. The van der Waals surface area contributed by atoms with Crippen LogP contribution in [0.1, 0.15) is 28.3 Å². The molecule has 0 radical (unpaired) electrons. The van der Waals surface area contributed by atoms with E-state index in [1.165, 1.54) is 19.1 Å². The number of Topliss-reactive ketones (excluding diaryl/α,β-unsaturated/α-hetero) is 1. The number of carbonyl (C=O) groups excluding carboxylic acids is 2. The van der Waals surface area contributed by atoms with Gasteiger partial charge < -0.3 is 14.6 Å². The molecule has 3 aromatic rings. The third kappa shape index (κ3) is 3.90. The molecule has 0 aromatic heterocycles. The van der Waals surface area contributed by atoms with Crippen LogP contribution >= 0.6 is 11.6 Å². The molecule has 1 unspecified atom stereocenters. The zero-order valence-corrected chi connectivity index (χ0v) is 20.0. The van der Waals surface area contributed by atoms with Crippen molar-refractivity contribution >= 4 is 34.7 Å². The second-order valence-electron chi connectivity index (χ2n) is 8.05. The third-order valence-electron chi connectivity index (χ3n) is 5.95. The predicted octanol–water partition coefficient (Wildman–Crippen LogP) is 5.60. The van der Waals surface area contributed by atoms with Gasteiger partial charge in [-0.3, -0.25) is 14.5 Å². The van der Waals surface area contributed by atoms with Crippen molar-refractivity contribution in [2.24, 2.45) is 0 Å². The second kappa shape index (κ2) is 9.23. The molecule has 1 saturated heterocycles. The first-order chi connectivity index (χ1) is 16.3. The Balaban J connectivity index is 2.00. The van der Waals surface area contributed by atoms with Crippen LogP contribution in [0.15, 0.2) is 66.2 Å². The highest BCUT2D eigenvalue weighted by Gasteiger charge is 2.47. The lowest BCUT2D eigenvalue weighted by Crippen LogP contribution is -2.29. The Kier molecular flexibility index (Phi) is 6.35. The van der Waals surface area contributed by atoms with E-state index in [2.05, 4.69) is 0 Å². The van der Waals surface area contributed by atoms with Crippen LogP contribution in [0.4, 0.5) is 5.69 Å². The summed E-state index contributed by atoms with van der Waals surface area (Å²) in [5.41, 5.74) is 3.17. The van der Waals surface area contributed by atoms with Gasteiger partial charge in [0.05, 0.1) is 36.4 Å². The smallest absolute Gasteiger partial charge is 0.300 e. The standard InChI is InChI=1S/C27H24ClNO5/c1-15-9-11-21(33-3)19(13-15)25(30)23-24(18-8-6-5-7-16(18)2)29(27(32)26(23)31)17-10-12-22(34-4)20(28)14-17/h5-14,24,30H,1-4H3/b25-23+. The number of aryl methyl sites for hydroxylation is 2. The summed E-state index contributed by atoms with van der Waals surface area (Å²) in [7, 11) is 2.98. The molecule has 0 bridgehead atoms. The van der Waals surface area contributed by atoms with Gasteiger partial charge in [-0.15, -0.1) is 0 Å². The molecule has 7 heteroatoms. The predicted molar refractivity (Wildman–Crippen MR) is 132 cm³/mol. The van der Waals surface area contributed by atoms with Gasteiger partial charge in [0.1, 0.15) is 17.3 Å². The van der Waals surface area contributed by atoms with Gasteiger partial charge in [0, 0.05) is 5.69 Å². The lowest BCUT2D eigenvalue weighted by atomic mass is 9.92. The summed E-state index contributed by atoms with van der Waals surface area (Å²) in [6, 6.07) is 16.7. The zero-order valence-electron chi connectivity index (χ0n) is 19.3. The van der Waals surface area contributed by atoms with Gasteiger partial charge in [0.2, 0.25) is 0 Å². The normalized spacial score (nSPS) is 17.2. The fraction of sp³-hybridized carbons (Fsp3) is 0.185. The van der Waals surface area contributed by atoms with Crippen molar-refractivity contribution < 1.29 is 24.2 Å². The molecule has 1 aliphatic rings. The van der Waals surface area contributed by atoms with Crippen molar-refractivity contribution in [2.75, 3.05) is 19.1 Å². The van der Waals surface area contributed by atoms with Crippen LogP contribution in [0, 0.1) is 13.8 Å². The van der Waals surface area contributed by atoms with E-state index in [1.807, 2.05) is 44.2 Å². The Morgan fingerprint density at radius 2 is 1.62 bits per heavy atom. The van der Waals surface area contributed by atoms with Gasteiger partial charge in [-0.1, -0.05) is 47.5 Å². The minimum absolute atomic E-state index is 0.0184. The van der Waals surface area contributed by atoms with Crippen molar-refractivity contribution in [2.45, 2.75) is 19.9 Å². The number of hydrogen-bond donors (Lipinski definition) is 1. The molecule has 34 heavy (non-hydrogen) atoms. The number of benzene rings is 3. The summed E-state index contributed by atoms with van der Waals surface area (Å²) in [5, 5.41) is 11.7. The SMILES string of the molecule is COc1ccc(N2C(=O)C(=O)/C(=C(/O)c3cc(C)ccc3OC)C2c2ccccc2C)cc1Cl.